The molecule has 0 bridgehead atoms. The number of carbonyl (C=O) groups excluding carboxylic acids is 2. The van der Waals surface area contributed by atoms with Crippen LogP contribution < -0.4 is 20.1 Å². The number of methoxy groups -OCH3 is 2. The zero-order chi connectivity index (χ0) is 23.2. The van der Waals surface area contributed by atoms with Crippen molar-refractivity contribution in [3.63, 3.8) is 0 Å². The Morgan fingerprint density at radius 1 is 0.970 bits per heavy atom. The van der Waals surface area contributed by atoms with Gasteiger partial charge in [-0.15, -0.1) is 11.3 Å². The zero-order valence-corrected chi connectivity index (χ0v) is 19.6. The van der Waals surface area contributed by atoms with Crippen LogP contribution in [0.2, 0.25) is 0 Å². The smallest absolute Gasteiger partial charge is 0.257 e. The molecular weight excluding hydrogens is 458 g/mol. The standard InChI is InChI=1S/C24H21N3O4S2/c1-30-17-7-8-20(21(12-17)31-2)27-23(29)18-5-3-4-6-19(18)26-22(28)11-16-14-33-24(25-16)15-9-10-32-13-15/h3-10,12-14H,11H2,1-2H3,(H,26,28)(H,27,29). The van der Waals surface area contributed by atoms with E-state index in [1.165, 1.54) is 18.4 Å². The summed E-state index contributed by atoms with van der Waals surface area (Å²) >= 11 is 3.11. The third kappa shape index (κ3) is 5.39. The SMILES string of the molecule is COc1ccc(NC(=O)c2ccccc2NC(=O)Cc2csc(-c3ccsc3)n2)c(OC)c1. The van der Waals surface area contributed by atoms with Gasteiger partial charge in [0.2, 0.25) is 5.91 Å². The van der Waals surface area contributed by atoms with Crippen molar-refractivity contribution < 1.29 is 19.1 Å². The summed E-state index contributed by atoms with van der Waals surface area (Å²) in [5.74, 6) is 0.457. The van der Waals surface area contributed by atoms with Crippen LogP contribution >= 0.6 is 22.7 Å². The number of nitrogens with zero attached hydrogens (tertiary/aromatic N) is 1. The van der Waals surface area contributed by atoms with E-state index in [2.05, 4.69) is 15.6 Å². The second-order valence-electron chi connectivity index (χ2n) is 6.95. The first kappa shape index (κ1) is 22.5. The van der Waals surface area contributed by atoms with E-state index in [0.29, 0.717) is 34.1 Å². The molecule has 0 aliphatic heterocycles. The summed E-state index contributed by atoms with van der Waals surface area (Å²) in [6, 6.07) is 13.9. The topological polar surface area (TPSA) is 89.6 Å². The number of amides is 2. The first-order chi connectivity index (χ1) is 16.1. The fraction of sp³-hybridized carbons (Fsp3) is 0.125. The number of thiophene rings is 1. The first-order valence-corrected chi connectivity index (χ1v) is 11.8. The van der Waals surface area contributed by atoms with Crippen LogP contribution in [0.5, 0.6) is 11.5 Å². The fourth-order valence-corrected chi connectivity index (χ4v) is 4.68. The zero-order valence-electron chi connectivity index (χ0n) is 18.0. The predicted molar refractivity (Wildman–Crippen MR) is 132 cm³/mol. The molecule has 0 spiro atoms. The molecular formula is C24H21N3O4S2. The van der Waals surface area contributed by atoms with Crippen molar-refractivity contribution in [1.82, 2.24) is 4.98 Å². The van der Waals surface area contributed by atoms with Crippen LogP contribution in [0.1, 0.15) is 16.1 Å². The van der Waals surface area contributed by atoms with Gasteiger partial charge >= 0.3 is 0 Å². The Hall–Kier alpha value is -3.69. The van der Waals surface area contributed by atoms with Crippen LogP contribution in [0.3, 0.4) is 0 Å². The van der Waals surface area contributed by atoms with Crippen molar-refractivity contribution in [2.45, 2.75) is 6.42 Å². The Bertz CT molecular complexity index is 1270. The molecule has 33 heavy (non-hydrogen) atoms. The number of benzene rings is 2. The number of ether oxygens (including phenoxy) is 2. The highest BCUT2D eigenvalue weighted by Gasteiger charge is 2.16. The van der Waals surface area contributed by atoms with E-state index in [-0.39, 0.29) is 18.2 Å². The van der Waals surface area contributed by atoms with Crippen LogP contribution in [0.4, 0.5) is 11.4 Å². The van der Waals surface area contributed by atoms with Gasteiger partial charge in [-0.05, 0) is 35.7 Å². The van der Waals surface area contributed by atoms with Crippen molar-refractivity contribution in [3.8, 4) is 22.1 Å². The van der Waals surface area contributed by atoms with E-state index in [1.54, 1.807) is 60.9 Å². The minimum Gasteiger partial charge on any atom is -0.497 e. The normalized spacial score (nSPS) is 10.5. The lowest BCUT2D eigenvalue weighted by Crippen LogP contribution is -2.19. The summed E-state index contributed by atoms with van der Waals surface area (Å²) in [4.78, 5) is 30.2. The number of nitrogens with one attached hydrogen (secondary N) is 2. The Kier molecular flexibility index (Phi) is 7.01. The number of rotatable bonds is 8. The van der Waals surface area contributed by atoms with E-state index < -0.39 is 0 Å². The van der Waals surface area contributed by atoms with Crippen molar-refractivity contribution in [1.29, 1.82) is 0 Å². The summed E-state index contributed by atoms with van der Waals surface area (Å²) < 4.78 is 10.5. The number of thiazole rings is 1. The lowest BCUT2D eigenvalue weighted by atomic mass is 10.1. The number of anilines is 2. The predicted octanol–water partition coefficient (Wildman–Crippen LogP) is 5.32. The van der Waals surface area contributed by atoms with Gasteiger partial charge in [0.05, 0.1) is 43.3 Å². The molecule has 0 saturated heterocycles. The molecule has 2 aromatic carbocycles. The molecule has 0 aliphatic carbocycles. The van der Waals surface area contributed by atoms with E-state index >= 15 is 0 Å². The summed E-state index contributed by atoms with van der Waals surface area (Å²) in [7, 11) is 3.07. The second-order valence-corrected chi connectivity index (χ2v) is 8.59. The monoisotopic (exact) mass is 479 g/mol. The molecule has 9 heteroatoms. The van der Waals surface area contributed by atoms with E-state index in [9.17, 15) is 9.59 Å². The van der Waals surface area contributed by atoms with Crippen molar-refractivity contribution in [3.05, 3.63) is 75.9 Å². The fourth-order valence-electron chi connectivity index (χ4n) is 3.15. The third-order valence-corrected chi connectivity index (χ3v) is 6.39. The number of hydrogen-bond donors (Lipinski definition) is 2. The number of para-hydroxylation sites is 1. The minimum absolute atomic E-state index is 0.114. The van der Waals surface area contributed by atoms with Gasteiger partial charge in [-0.25, -0.2) is 4.98 Å². The van der Waals surface area contributed by atoms with Gasteiger partial charge in [-0.2, -0.15) is 11.3 Å². The lowest BCUT2D eigenvalue weighted by molar-refractivity contribution is -0.115. The average Bonchev–Trinajstić information content (AvgIpc) is 3.52. The van der Waals surface area contributed by atoms with Gasteiger partial charge in [0.1, 0.15) is 16.5 Å². The van der Waals surface area contributed by atoms with Crippen LogP contribution in [0, 0.1) is 0 Å². The van der Waals surface area contributed by atoms with Crippen LogP contribution in [-0.4, -0.2) is 31.0 Å². The van der Waals surface area contributed by atoms with Crippen molar-refractivity contribution in [2.75, 3.05) is 24.9 Å². The molecule has 4 rings (SSSR count). The van der Waals surface area contributed by atoms with Gasteiger partial charge in [0, 0.05) is 22.4 Å². The molecule has 0 atom stereocenters. The molecule has 168 valence electrons. The van der Waals surface area contributed by atoms with Gasteiger partial charge in [0.15, 0.2) is 0 Å². The Morgan fingerprint density at radius 3 is 2.58 bits per heavy atom. The highest BCUT2D eigenvalue weighted by atomic mass is 32.1. The van der Waals surface area contributed by atoms with Crippen molar-refractivity contribution in [2.24, 2.45) is 0 Å². The number of carbonyl (C=O) groups is 2. The maximum atomic E-state index is 13.0. The molecule has 0 fully saturated rings. The van der Waals surface area contributed by atoms with Crippen LogP contribution in [0.25, 0.3) is 10.6 Å². The molecule has 2 aromatic heterocycles. The summed E-state index contributed by atoms with van der Waals surface area (Å²) in [5.41, 5.74) is 2.98. The van der Waals surface area contributed by atoms with Crippen molar-refractivity contribution >= 4 is 45.9 Å². The first-order valence-electron chi connectivity index (χ1n) is 9.96. The van der Waals surface area contributed by atoms with E-state index in [1.807, 2.05) is 22.2 Å². The van der Waals surface area contributed by atoms with Gasteiger partial charge < -0.3 is 20.1 Å². The molecule has 0 radical (unpaired) electrons. The third-order valence-electron chi connectivity index (χ3n) is 4.76. The second kappa shape index (κ2) is 10.3. The Labute approximate surface area is 199 Å². The largest absolute Gasteiger partial charge is 0.497 e. The maximum Gasteiger partial charge on any atom is 0.257 e. The van der Waals surface area contributed by atoms with Gasteiger partial charge in [0.25, 0.3) is 5.91 Å². The van der Waals surface area contributed by atoms with Crippen LogP contribution in [-0.2, 0) is 11.2 Å². The van der Waals surface area contributed by atoms with Gasteiger partial charge in [-0.1, -0.05) is 12.1 Å². The highest BCUT2D eigenvalue weighted by Crippen LogP contribution is 2.30. The summed E-state index contributed by atoms with van der Waals surface area (Å²) in [5, 5.41) is 12.4. The average molecular weight is 480 g/mol. The Morgan fingerprint density at radius 2 is 1.82 bits per heavy atom. The maximum absolute atomic E-state index is 13.0. The van der Waals surface area contributed by atoms with Crippen LogP contribution in [0.15, 0.2) is 64.7 Å². The molecule has 2 heterocycles. The Balaban J connectivity index is 1.46. The lowest BCUT2D eigenvalue weighted by Gasteiger charge is -2.14. The molecule has 0 unspecified atom stereocenters. The number of aromatic nitrogens is 1. The van der Waals surface area contributed by atoms with Gasteiger partial charge in [-0.3, -0.25) is 9.59 Å². The summed E-state index contributed by atoms with van der Waals surface area (Å²) in [6.45, 7) is 0. The number of hydrogen-bond acceptors (Lipinski definition) is 7. The highest BCUT2D eigenvalue weighted by molar-refractivity contribution is 7.14. The van der Waals surface area contributed by atoms with E-state index in [0.717, 1.165) is 10.6 Å². The summed E-state index contributed by atoms with van der Waals surface area (Å²) in [6.07, 6.45) is 0.114. The molecule has 0 saturated carbocycles. The molecule has 2 amide bonds. The quantitative estimate of drug-likeness (QED) is 0.357. The van der Waals surface area contributed by atoms with E-state index in [4.69, 9.17) is 9.47 Å². The molecule has 0 aliphatic rings. The molecule has 2 N–H and O–H groups in total. The minimum atomic E-state index is -0.372. The molecule has 7 nitrogen and oxygen atoms in total. The molecule has 4 aromatic rings.